The summed E-state index contributed by atoms with van der Waals surface area (Å²) in [6.07, 6.45) is 3.24. The first kappa shape index (κ1) is 13.6. The summed E-state index contributed by atoms with van der Waals surface area (Å²) in [6.45, 7) is 4.92. The minimum Gasteiger partial charge on any atom is -0.396 e. The van der Waals surface area contributed by atoms with Crippen LogP contribution in [0.5, 0.6) is 0 Å². The number of aromatic nitrogens is 1. The molecule has 1 aromatic heterocycles. The van der Waals surface area contributed by atoms with Crippen molar-refractivity contribution in [2.75, 3.05) is 13.2 Å². The fourth-order valence-electron chi connectivity index (χ4n) is 1.55. The number of amides is 1. The van der Waals surface area contributed by atoms with Gasteiger partial charge in [-0.2, -0.15) is 0 Å². The predicted octanol–water partition coefficient (Wildman–Crippen LogP) is 1.61. The van der Waals surface area contributed by atoms with Gasteiger partial charge in [0, 0.05) is 19.3 Å². The molecule has 0 bridgehead atoms. The van der Waals surface area contributed by atoms with Crippen molar-refractivity contribution in [2.45, 2.75) is 26.7 Å². The van der Waals surface area contributed by atoms with Gasteiger partial charge >= 0.3 is 0 Å². The second-order valence-electron chi connectivity index (χ2n) is 4.89. The standard InChI is InChI=1S/C13H20N2O2/c1-13(2,7-5-9-16)10-15-12(17)11-6-3-4-8-14-11/h3-4,6,8,16H,5,7,9-10H2,1-2H3,(H,15,17). The zero-order valence-electron chi connectivity index (χ0n) is 10.4. The Balaban J connectivity index is 2.43. The van der Waals surface area contributed by atoms with Crippen LogP contribution in [0.25, 0.3) is 0 Å². The number of rotatable bonds is 6. The van der Waals surface area contributed by atoms with E-state index in [0.29, 0.717) is 12.2 Å². The summed E-state index contributed by atoms with van der Waals surface area (Å²) in [7, 11) is 0. The smallest absolute Gasteiger partial charge is 0.269 e. The van der Waals surface area contributed by atoms with E-state index in [0.717, 1.165) is 12.8 Å². The minimum atomic E-state index is -0.150. The lowest BCUT2D eigenvalue weighted by atomic mass is 9.88. The highest BCUT2D eigenvalue weighted by Gasteiger charge is 2.18. The first-order chi connectivity index (χ1) is 8.05. The molecule has 1 amide bonds. The number of aliphatic hydroxyl groups is 1. The number of hydrogen-bond donors (Lipinski definition) is 2. The van der Waals surface area contributed by atoms with Gasteiger partial charge in [-0.3, -0.25) is 9.78 Å². The van der Waals surface area contributed by atoms with E-state index in [2.05, 4.69) is 24.1 Å². The maximum atomic E-state index is 11.7. The van der Waals surface area contributed by atoms with E-state index in [1.807, 2.05) is 0 Å². The highest BCUT2D eigenvalue weighted by Crippen LogP contribution is 2.20. The lowest BCUT2D eigenvalue weighted by Gasteiger charge is -2.24. The third kappa shape index (κ3) is 4.95. The summed E-state index contributed by atoms with van der Waals surface area (Å²) < 4.78 is 0. The molecule has 0 spiro atoms. The Bertz CT molecular complexity index is 350. The molecule has 4 nitrogen and oxygen atoms in total. The highest BCUT2D eigenvalue weighted by atomic mass is 16.2. The Morgan fingerprint density at radius 1 is 1.47 bits per heavy atom. The molecule has 0 aliphatic rings. The summed E-state index contributed by atoms with van der Waals surface area (Å²) in [4.78, 5) is 15.7. The Morgan fingerprint density at radius 2 is 2.24 bits per heavy atom. The number of carbonyl (C=O) groups excluding carboxylic acids is 1. The van der Waals surface area contributed by atoms with Gasteiger partial charge in [-0.15, -0.1) is 0 Å². The van der Waals surface area contributed by atoms with Crippen LogP contribution >= 0.6 is 0 Å². The zero-order valence-corrected chi connectivity index (χ0v) is 10.4. The van der Waals surface area contributed by atoms with Gasteiger partial charge in [0.15, 0.2) is 0 Å². The number of hydrogen-bond acceptors (Lipinski definition) is 3. The molecule has 0 saturated heterocycles. The summed E-state index contributed by atoms with van der Waals surface area (Å²) in [6, 6.07) is 5.26. The monoisotopic (exact) mass is 236 g/mol. The van der Waals surface area contributed by atoms with E-state index in [-0.39, 0.29) is 17.9 Å². The first-order valence-electron chi connectivity index (χ1n) is 5.85. The summed E-state index contributed by atoms with van der Waals surface area (Å²) in [5, 5.41) is 11.7. The van der Waals surface area contributed by atoms with Gasteiger partial charge in [0.25, 0.3) is 5.91 Å². The van der Waals surface area contributed by atoms with Crippen molar-refractivity contribution in [1.29, 1.82) is 0 Å². The molecule has 17 heavy (non-hydrogen) atoms. The number of carbonyl (C=O) groups is 1. The van der Waals surface area contributed by atoms with E-state index < -0.39 is 0 Å². The molecule has 0 radical (unpaired) electrons. The number of nitrogens with one attached hydrogen (secondary N) is 1. The van der Waals surface area contributed by atoms with Gasteiger partial charge in [-0.25, -0.2) is 0 Å². The van der Waals surface area contributed by atoms with Crippen LogP contribution in [0, 0.1) is 5.41 Å². The molecule has 0 aromatic carbocycles. The van der Waals surface area contributed by atoms with Gasteiger partial charge in [0.2, 0.25) is 0 Å². The van der Waals surface area contributed by atoms with Crippen LogP contribution in [0.2, 0.25) is 0 Å². The van der Waals surface area contributed by atoms with E-state index >= 15 is 0 Å². The van der Waals surface area contributed by atoms with E-state index in [1.54, 1.807) is 24.4 Å². The molecular weight excluding hydrogens is 216 g/mol. The average Bonchev–Trinajstić information content (AvgIpc) is 2.35. The molecule has 0 saturated carbocycles. The van der Waals surface area contributed by atoms with Crippen LogP contribution in [0.15, 0.2) is 24.4 Å². The minimum absolute atomic E-state index is 0.00678. The molecule has 0 aliphatic heterocycles. The quantitative estimate of drug-likeness (QED) is 0.788. The molecule has 4 heteroatoms. The summed E-state index contributed by atoms with van der Waals surface area (Å²) >= 11 is 0. The van der Waals surface area contributed by atoms with Gasteiger partial charge in [0.05, 0.1) is 0 Å². The van der Waals surface area contributed by atoms with Crippen LogP contribution in [0.4, 0.5) is 0 Å². The Hall–Kier alpha value is -1.42. The largest absolute Gasteiger partial charge is 0.396 e. The topological polar surface area (TPSA) is 62.2 Å². The number of nitrogens with zero attached hydrogens (tertiary/aromatic N) is 1. The second kappa shape index (κ2) is 6.35. The molecule has 1 heterocycles. The average molecular weight is 236 g/mol. The third-order valence-corrected chi connectivity index (χ3v) is 2.64. The maximum Gasteiger partial charge on any atom is 0.269 e. The Kier molecular flexibility index (Phi) is 5.10. The van der Waals surface area contributed by atoms with Gasteiger partial charge < -0.3 is 10.4 Å². The number of pyridine rings is 1. The van der Waals surface area contributed by atoms with Crippen LogP contribution in [0.3, 0.4) is 0 Å². The molecular formula is C13H20N2O2. The fraction of sp³-hybridized carbons (Fsp3) is 0.538. The van der Waals surface area contributed by atoms with Gasteiger partial charge in [-0.05, 0) is 30.4 Å². The van der Waals surface area contributed by atoms with Crippen LogP contribution in [-0.4, -0.2) is 29.1 Å². The van der Waals surface area contributed by atoms with Crippen molar-refractivity contribution in [1.82, 2.24) is 10.3 Å². The van der Waals surface area contributed by atoms with Crippen molar-refractivity contribution in [3.05, 3.63) is 30.1 Å². The van der Waals surface area contributed by atoms with Crippen LogP contribution < -0.4 is 5.32 Å². The molecule has 1 rings (SSSR count). The van der Waals surface area contributed by atoms with Crippen LogP contribution in [-0.2, 0) is 0 Å². The normalized spacial score (nSPS) is 11.2. The summed E-state index contributed by atoms with van der Waals surface area (Å²) in [5.74, 6) is -0.150. The van der Waals surface area contributed by atoms with Crippen molar-refractivity contribution in [3.63, 3.8) is 0 Å². The lowest BCUT2D eigenvalue weighted by Crippen LogP contribution is -2.34. The summed E-state index contributed by atoms with van der Waals surface area (Å²) in [5.41, 5.74) is 0.429. The van der Waals surface area contributed by atoms with E-state index in [9.17, 15) is 4.79 Å². The second-order valence-corrected chi connectivity index (χ2v) is 4.89. The maximum absolute atomic E-state index is 11.7. The van der Waals surface area contributed by atoms with Crippen LogP contribution in [0.1, 0.15) is 37.2 Å². The van der Waals surface area contributed by atoms with Crippen molar-refractivity contribution in [2.24, 2.45) is 5.41 Å². The van der Waals surface area contributed by atoms with Crippen molar-refractivity contribution < 1.29 is 9.90 Å². The van der Waals surface area contributed by atoms with Gasteiger partial charge in [0.1, 0.15) is 5.69 Å². The first-order valence-corrected chi connectivity index (χ1v) is 5.85. The molecule has 1 aromatic rings. The Morgan fingerprint density at radius 3 is 2.82 bits per heavy atom. The molecule has 94 valence electrons. The number of aliphatic hydroxyl groups excluding tert-OH is 1. The third-order valence-electron chi connectivity index (χ3n) is 2.64. The zero-order chi connectivity index (χ0) is 12.7. The molecule has 0 aliphatic carbocycles. The van der Waals surface area contributed by atoms with E-state index in [4.69, 9.17) is 5.11 Å². The molecule has 2 N–H and O–H groups in total. The van der Waals surface area contributed by atoms with Crippen molar-refractivity contribution in [3.8, 4) is 0 Å². The molecule has 0 fully saturated rings. The lowest BCUT2D eigenvalue weighted by molar-refractivity contribution is 0.0928. The molecule has 0 atom stereocenters. The highest BCUT2D eigenvalue weighted by molar-refractivity contribution is 5.92. The van der Waals surface area contributed by atoms with E-state index in [1.165, 1.54) is 0 Å². The Labute approximate surface area is 102 Å². The predicted molar refractivity (Wildman–Crippen MR) is 66.7 cm³/mol. The molecule has 0 unspecified atom stereocenters. The van der Waals surface area contributed by atoms with Gasteiger partial charge in [-0.1, -0.05) is 19.9 Å². The SMILES string of the molecule is CC(C)(CCCO)CNC(=O)c1ccccn1. The fourth-order valence-corrected chi connectivity index (χ4v) is 1.55. The van der Waals surface area contributed by atoms with Crippen molar-refractivity contribution >= 4 is 5.91 Å².